The molecule has 0 bridgehead atoms. The van der Waals surface area contributed by atoms with Gasteiger partial charge in [0.1, 0.15) is 24.8 Å². The maximum atomic E-state index is 12.8. The van der Waals surface area contributed by atoms with E-state index in [1.54, 1.807) is 27.7 Å². The molecule has 0 N–H and O–H groups in total. The standard InChI is InChI=1S/C33H37Cl2N5O4/c1-4-23(2)40-32(41)39(22-36-40)27-8-6-25(7-9-27)37-15-17-38(18-16-37)26-10-12-28(13-11-26)42-20-29-21-43-33(3,44-29)30-14-5-24(34)19-31(30)35/h5-14,19,22-23,29H,4,15-18,20-21H2,1-3H3/t23-,29-,33+/m1/s1. The van der Waals surface area contributed by atoms with Crippen LogP contribution in [0.25, 0.3) is 5.69 Å². The van der Waals surface area contributed by atoms with E-state index in [0.29, 0.717) is 23.3 Å². The lowest BCUT2D eigenvalue weighted by atomic mass is 10.1. The van der Waals surface area contributed by atoms with E-state index in [-0.39, 0.29) is 17.8 Å². The lowest BCUT2D eigenvalue weighted by Crippen LogP contribution is -2.46. The van der Waals surface area contributed by atoms with Crippen LogP contribution in [0.15, 0.2) is 77.9 Å². The molecule has 2 fully saturated rings. The molecule has 4 aromatic rings. The van der Waals surface area contributed by atoms with E-state index >= 15 is 0 Å². The number of anilines is 2. The molecular weight excluding hydrogens is 601 g/mol. The zero-order chi connectivity index (χ0) is 30.8. The molecule has 2 aliphatic heterocycles. The van der Waals surface area contributed by atoms with Crippen molar-refractivity contribution in [2.75, 3.05) is 49.2 Å². The van der Waals surface area contributed by atoms with Gasteiger partial charge in [0.15, 0.2) is 5.79 Å². The summed E-state index contributed by atoms with van der Waals surface area (Å²) in [5.74, 6) is -0.163. The Kier molecular flexibility index (Phi) is 8.91. The number of nitrogens with zero attached hydrogens (tertiary/aromatic N) is 5. The molecule has 0 aliphatic carbocycles. The number of rotatable bonds is 9. The quantitative estimate of drug-likeness (QED) is 0.213. The average Bonchev–Trinajstić information content (AvgIpc) is 3.62. The lowest BCUT2D eigenvalue weighted by molar-refractivity contribution is -0.164. The maximum Gasteiger partial charge on any atom is 0.350 e. The number of halogens is 2. The second kappa shape index (κ2) is 12.9. The van der Waals surface area contributed by atoms with Gasteiger partial charge in [-0.25, -0.2) is 14.0 Å². The molecule has 1 aromatic heterocycles. The molecule has 3 atom stereocenters. The monoisotopic (exact) mass is 637 g/mol. The average molecular weight is 639 g/mol. The summed E-state index contributed by atoms with van der Waals surface area (Å²) in [6, 6.07) is 21.7. The SMILES string of the molecule is CC[C@@H](C)n1ncn(-c2ccc(N3CCN(c4ccc(OC[C@@H]5CO[C@](C)(c6ccc(Cl)cc6Cl)O5)cc4)CC3)cc2)c1=O. The van der Waals surface area contributed by atoms with Crippen molar-refractivity contribution in [3.8, 4) is 11.4 Å². The van der Waals surface area contributed by atoms with Crippen molar-refractivity contribution in [1.82, 2.24) is 14.3 Å². The molecule has 0 amide bonds. The normalized spacial score (nSPS) is 21.1. The van der Waals surface area contributed by atoms with Gasteiger partial charge in [-0.1, -0.05) is 36.2 Å². The Morgan fingerprint density at radius 2 is 1.57 bits per heavy atom. The minimum atomic E-state index is -0.944. The summed E-state index contributed by atoms with van der Waals surface area (Å²) in [6.45, 7) is 10.3. The molecule has 44 heavy (non-hydrogen) atoms. The van der Waals surface area contributed by atoms with Crippen LogP contribution in [0.5, 0.6) is 5.75 Å². The maximum absolute atomic E-state index is 12.8. The molecule has 9 nitrogen and oxygen atoms in total. The van der Waals surface area contributed by atoms with Gasteiger partial charge >= 0.3 is 5.69 Å². The van der Waals surface area contributed by atoms with Crippen LogP contribution in [0, 0.1) is 0 Å². The van der Waals surface area contributed by atoms with E-state index in [2.05, 4.69) is 39.2 Å². The number of piperazine rings is 1. The second-order valence-corrected chi connectivity index (χ2v) is 12.2. The van der Waals surface area contributed by atoms with Crippen LogP contribution in [0.1, 0.15) is 38.8 Å². The zero-order valence-electron chi connectivity index (χ0n) is 25.2. The van der Waals surface area contributed by atoms with Crippen LogP contribution in [0.4, 0.5) is 11.4 Å². The van der Waals surface area contributed by atoms with Crippen LogP contribution in [-0.2, 0) is 15.3 Å². The summed E-state index contributed by atoms with van der Waals surface area (Å²) in [5.41, 5.74) is 3.76. The van der Waals surface area contributed by atoms with E-state index in [9.17, 15) is 4.79 Å². The molecule has 232 valence electrons. The highest BCUT2D eigenvalue weighted by molar-refractivity contribution is 6.35. The third kappa shape index (κ3) is 6.33. The van der Waals surface area contributed by atoms with Gasteiger partial charge in [0.05, 0.1) is 23.4 Å². The van der Waals surface area contributed by atoms with Crippen LogP contribution in [-0.4, -0.2) is 59.8 Å². The van der Waals surface area contributed by atoms with Crippen molar-refractivity contribution < 1.29 is 14.2 Å². The van der Waals surface area contributed by atoms with Crippen LogP contribution >= 0.6 is 23.2 Å². The van der Waals surface area contributed by atoms with Gasteiger partial charge in [0.25, 0.3) is 0 Å². The van der Waals surface area contributed by atoms with Crippen molar-refractivity contribution in [2.24, 2.45) is 0 Å². The van der Waals surface area contributed by atoms with Gasteiger partial charge in [-0.15, -0.1) is 0 Å². The zero-order valence-corrected chi connectivity index (χ0v) is 26.7. The Hall–Kier alpha value is -3.50. The minimum Gasteiger partial charge on any atom is -0.491 e. The molecule has 0 unspecified atom stereocenters. The van der Waals surface area contributed by atoms with E-state index in [1.807, 2.05) is 51.1 Å². The van der Waals surface area contributed by atoms with Crippen molar-refractivity contribution in [2.45, 2.75) is 45.1 Å². The van der Waals surface area contributed by atoms with E-state index < -0.39 is 5.79 Å². The Bertz CT molecular complexity index is 1630. The fourth-order valence-electron chi connectivity index (χ4n) is 5.68. The van der Waals surface area contributed by atoms with Crippen molar-refractivity contribution in [3.05, 3.63) is 99.2 Å². The number of hydrogen-bond acceptors (Lipinski definition) is 7. The summed E-state index contributed by atoms with van der Waals surface area (Å²) in [6.07, 6.45) is 2.23. The van der Waals surface area contributed by atoms with E-state index in [0.717, 1.165) is 61.0 Å². The van der Waals surface area contributed by atoms with Gasteiger partial charge in [-0.3, -0.25) is 0 Å². The largest absolute Gasteiger partial charge is 0.491 e. The number of benzene rings is 3. The Balaban J connectivity index is 0.991. The van der Waals surface area contributed by atoms with Gasteiger partial charge in [0, 0.05) is 48.1 Å². The van der Waals surface area contributed by atoms with Gasteiger partial charge in [0.2, 0.25) is 0 Å². The first-order valence-electron chi connectivity index (χ1n) is 15.0. The van der Waals surface area contributed by atoms with Crippen LogP contribution < -0.4 is 20.2 Å². The predicted octanol–water partition coefficient (Wildman–Crippen LogP) is 6.31. The fourth-order valence-corrected chi connectivity index (χ4v) is 6.26. The summed E-state index contributed by atoms with van der Waals surface area (Å²) < 4.78 is 21.3. The number of hydrogen-bond donors (Lipinski definition) is 0. The van der Waals surface area contributed by atoms with E-state index in [1.165, 1.54) is 0 Å². The van der Waals surface area contributed by atoms with E-state index in [4.69, 9.17) is 37.4 Å². The lowest BCUT2D eigenvalue weighted by Gasteiger charge is -2.37. The molecule has 11 heteroatoms. The molecule has 0 spiro atoms. The highest BCUT2D eigenvalue weighted by Gasteiger charge is 2.40. The molecule has 6 rings (SSSR count). The van der Waals surface area contributed by atoms with Crippen LogP contribution in [0.2, 0.25) is 10.0 Å². The molecular formula is C33H37Cl2N5O4. The summed E-state index contributed by atoms with van der Waals surface area (Å²) in [5, 5.41) is 5.37. The molecule has 2 aliphatic rings. The van der Waals surface area contributed by atoms with Gasteiger partial charge in [-0.05, 0) is 80.9 Å². The Morgan fingerprint density at radius 3 is 2.18 bits per heavy atom. The smallest absolute Gasteiger partial charge is 0.350 e. The predicted molar refractivity (Wildman–Crippen MR) is 174 cm³/mol. The highest BCUT2D eigenvalue weighted by atomic mass is 35.5. The second-order valence-electron chi connectivity index (χ2n) is 11.4. The van der Waals surface area contributed by atoms with Crippen molar-refractivity contribution in [3.63, 3.8) is 0 Å². The first-order valence-corrected chi connectivity index (χ1v) is 15.8. The van der Waals surface area contributed by atoms with Gasteiger partial charge in [-0.2, -0.15) is 5.10 Å². The Labute approximate surface area is 267 Å². The number of ether oxygens (including phenoxy) is 3. The first-order chi connectivity index (χ1) is 21.2. The molecule has 0 saturated carbocycles. The molecule has 3 heterocycles. The summed E-state index contributed by atoms with van der Waals surface area (Å²) in [7, 11) is 0. The highest BCUT2D eigenvalue weighted by Crippen LogP contribution is 2.38. The molecule has 3 aromatic carbocycles. The number of aromatic nitrogens is 3. The fraction of sp³-hybridized carbons (Fsp3) is 0.394. The summed E-state index contributed by atoms with van der Waals surface area (Å²) >= 11 is 12.4. The van der Waals surface area contributed by atoms with Crippen molar-refractivity contribution >= 4 is 34.6 Å². The first kappa shape index (κ1) is 30.5. The minimum absolute atomic E-state index is 0.0725. The third-order valence-corrected chi connectivity index (χ3v) is 9.02. The van der Waals surface area contributed by atoms with Crippen molar-refractivity contribution in [1.29, 1.82) is 0 Å². The third-order valence-electron chi connectivity index (χ3n) is 8.47. The molecule has 0 radical (unpaired) electrons. The topological polar surface area (TPSA) is 74.0 Å². The van der Waals surface area contributed by atoms with Crippen LogP contribution in [0.3, 0.4) is 0 Å². The Morgan fingerprint density at radius 1 is 0.955 bits per heavy atom. The summed E-state index contributed by atoms with van der Waals surface area (Å²) in [4.78, 5) is 17.5. The van der Waals surface area contributed by atoms with Gasteiger partial charge < -0.3 is 24.0 Å². The molecule has 2 saturated heterocycles.